The van der Waals surface area contributed by atoms with Crippen LogP contribution in [0.5, 0.6) is 5.75 Å². The molecule has 0 saturated carbocycles. The predicted molar refractivity (Wildman–Crippen MR) is 134 cm³/mol. The highest BCUT2D eigenvalue weighted by atomic mass is 32.2. The van der Waals surface area contributed by atoms with Gasteiger partial charge >= 0.3 is 0 Å². The number of fused-ring (bicyclic) bond motifs is 1. The van der Waals surface area contributed by atoms with Gasteiger partial charge in [0.25, 0.3) is 0 Å². The van der Waals surface area contributed by atoms with E-state index in [1.54, 1.807) is 18.5 Å². The lowest BCUT2D eigenvalue weighted by molar-refractivity contribution is -0.121. The summed E-state index contributed by atoms with van der Waals surface area (Å²) in [6.45, 7) is 7.55. The standard InChI is InChI=1S/C25H36N4O3S/c1-18-14-23(32-5)15-19(2)25(18)33(31)29(4)13-9-24(30)27-11-10-26-22-7-6-20-8-12-28(3)17-21(20)16-22/h6-7,14-16,26H,8-13,17H2,1-5H3,(H,27,30). The maximum atomic E-state index is 13.0. The summed E-state index contributed by atoms with van der Waals surface area (Å²) in [5, 5.41) is 6.33. The van der Waals surface area contributed by atoms with Crippen LogP contribution in [0.15, 0.2) is 35.2 Å². The van der Waals surface area contributed by atoms with Gasteiger partial charge in [0.2, 0.25) is 5.91 Å². The highest BCUT2D eigenvalue weighted by Crippen LogP contribution is 2.25. The Bertz CT molecular complexity index is 988. The molecule has 1 heterocycles. The van der Waals surface area contributed by atoms with Crippen molar-refractivity contribution >= 4 is 22.6 Å². The van der Waals surface area contributed by atoms with Gasteiger partial charge in [-0.25, -0.2) is 8.51 Å². The van der Waals surface area contributed by atoms with Gasteiger partial charge in [-0.3, -0.25) is 4.79 Å². The molecule has 2 aromatic rings. The number of aryl methyl sites for hydroxylation is 2. The van der Waals surface area contributed by atoms with Crippen LogP contribution in [0.25, 0.3) is 0 Å². The van der Waals surface area contributed by atoms with Crippen LogP contribution >= 0.6 is 0 Å². The Morgan fingerprint density at radius 1 is 1.15 bits per heavy atom. The summed E-state index contributed by atoms with van der Waals surface area (Å²) in [7, 11) is 4.21. The molecule has 33 heavy (non-hydrogen) atoms. The predicted octanol–water partition coefficient (Wildman–Crippen LogP) is 2.87. The van der Waals surface area contributed by atoms with Crippen molar-refractivity contribution in [3.63, 3.8) is 0 Å². The lowest BCUT2D eigenvalue weighted by atomic mass is 9.99. The first-order valence-corrected chi connectivity index (χ1v) is 12.5. The van der Waals surface area contributed by atoms with Crippen LogP contribution in [0.3, 0.4) is 0 Å². The highest BCUT2D eigenvalue weighted by molar-refractivity contribution is 7.82. The monoisotopic (exact) mass is 472 g/mol. The number of methoxy groups -OCH3 is 1. The minimum Gasteiger partial charge on any atom is -0.497 e. The number of anilines is 1. The fourth-order valence-corrected chi connectivity index (χ4v) is 5.34. The molecule has 7 nitrogen and oxygen atoms in total. The van der Waals surface area contributed by atoms with Crippen molar-refractivity contribution in [1.29, 1.82) is 0 Å². The number of ether oxygens (including phenoxy) is 1. The molecule has 3 rings (SSSR count). The fourth-order valence-electron chi connectivity index (χ4n) is 4.11. The molecule has 1 aliphatic rings. The first-order valence-electron chi connectivity index (χ1n) is 11.4. The Labute approximate surface area is 200 Å². The van der Waals surface area contributed by atoms with Gasteiger partial charge in [-0.1, -0.05) is 6.07 Å². The molecular formula is C25H36N4O3S. The smallest absolute Gasteiger partial charge is 0.221 e. The summed E-state index contributed by atoms with van der Waals surface area (Å²) in [6.07, 6.45) is 1.39. The van der Waals surface area contributed by atoms with E-state index in [-0.39, 0.29) is 5.91 Å². The molecule has 2 aromatic carbocycles. The van der Waals surface area contributed by atoms with Crippen molar-refractivity contribution < 1.29 is 13.7 Å². The van der Waals surface area contributed by atoms with Gasteiger partial charge in [-0.15, -0.1) is 0 Å². The fraction of sp³-hybridized carbons (Fsp3) is 0.480. The van der Waals surface area contributed by atoms with Gasteiger partial charge in [0.05, 0.1) is 12.0 Å². The van der Waals surface area contributed by atoms with Crippen molar-refractivity contribution in [3.05, 3.63) is 52.6 Å². The zero-order valence-electron chi connectivity index (χ0n) is 20.4. The van der Waals surface area contributed by atoms with Gasteiger partial charge < -0.3 is 20.3 Å². The zero-order chi connectivity index (χ0) is 24.0. The van der Waals surface area contributed by atoms with Crippen molar-refractivity contribution in [2.24, 2.45) is 0 Å². The number of carbonyl (C=O) groups is 1. The minimum absolute atomic E-state index is 0.0455. The molecule has 1 aliphatic heterocycles. The van der Waals surface area contributed by atoms with Gasteiger partial charge in [-0.05, 0) is 73.8 Å². The maximum Gasteiger partial charge on any atom is 0.221 e. The summed E-state index contributed by atoms with van der Waals surface area (Å²) in [5.74, 6) is 0.708. The number of benzene rings is 2. The Morgan fingerprint density at radius 3 is 2.58 bits per heavy atom. The lowest BCUT2D eigenvalue weighted by Crippen LogP contribution is -2.32. The number of nitrogens with one attached hydrogen (secondary N) is 2. The molecule has 0 fully saturated rings. The van der Waals surface area contributed by atoms with Crippen molar-refractivity contribution in [2.75, 3.05) is 52.7 Å². The van der Waals surface area contributed by atoms with E-state index < -0.39 is 11.0 Å². The number of hydrogen-bond donors (Lipinski definition) is 2. The van der Waals surface area contributed by atoms with Gasteiger partial charge in [0, 0.05) is 51.9 Å². The molecule has 0 spiro atoms. The summed E-state index contributed by atoms with van der Waals surface area (Å²) < 4.78 is 20.0. The molecule has 2 N–H and O–H groups in total. The first kappa shape index (κ1) is 25.2. The Kier molecular flexibility index (Phi) is 8.88. The molecule has 1 amide bonds. The molecule has 0 aliphatic carbocycles. The maximum absolute atomic E-state index is 13.0. The van der Waals surface area contributed by atoms with Crippen LogP contribution in [0, 0.1) is 13.8 Å². The van der Waals surface area contributed by atoms with E-state index in [1.165, 1.54) is 11.1 Å². The first-order chi connectivity index (χ1) is 15.8. The SMILES string of the molecule is COc1cc(C)c(S(=O)N(C)CCC(=O)NCCNc2ccc3c(c2)CN(C)CC3)c(C)c1. The molecule has 1 atom stereocenters. The number of hydrogen-bond acceptors (Lipinski definition) is 5. The van der Waals surface area contributed by atoms with Crippen LogP contribution in [0.1, 0.15) is 28.7 Å². The van der Waals surface area contributed by atoms with Crippen LogP contribution in [0.4, 0.5) is 5.69 Å². The Morgan fingerprint density at radius 2 is 1.88 bits per heavy atom. The second-order valence-electron chi connectivity index (χ2n) is 8.69. The highest BCUT2D eigenvalue weighted by Gasteiger charge is 2.18. The third-order valence-electron chi connectivity index (χ3n) is 5.97. The van der Waals surface area contributed by atoms with E-state index in [1.807, 2.05) is 26.0 Å². The second kappa shape index (κ2) is 11.6. The van der Waals surface area contributed by atoms with E-state index in [4.69, 9.17) is 4.74 Å². The van der Waals surface area contributed by atoms with Crippen LogP contribution < -0.4 is 15.4 Å². The van der Waals surface area contributed by atoms with Gasteiger partial charge in [-0.2, -0.15) is 0 Å². The number of likely N-dealkylation sites (N-methyl/N-ethyl adjacent to an activating group) is 1. The zero-order valence-corrected chi connectivity index (χ0v) is 21.2. The van der Waals surface area contributed by atoms with E-state index in [0.29, 0.717) is 26.1 Å². The minimum atomic E-state index is -1.33. The van der Waals surface area contributed by atoms with E-state index in [9.17, 15) is 9.00 Å². The van der Waals surface area contributed by atoms with E-state index in [0.717, 1.165) is 47.0 Å². The number of amides is 1. The largest absolute Gasteiger partial charge is 0.497 e. The van der Waals surface area contributed by atoms with E-state index >= 15 is 0 Å². The van der Waals surface area contributed by atoms with Crippen LogP contribution in [-0.2, 0) is 28.7 Å². The number of carbonyl (C=O) groups excluding carboxylic acids is 1. The second-order valence-corrected chi connectivity index (χ2v) is 10.2. The third-order valence-corrected chi connectivity index (χ3v) is 7.71. The molecule has 0 aromatic heterocycles. The average Bonchev–Trinajstić information content (AvgIpc) is 2.79. The average molecular weight is 473 g/mol. The van der Waals surface area contributed by atoms with E-state index in [2.05, 4.69) is 40.8 Å². The van der Waals surface area contributed by atoms with Crippen molar-refractivity contribution in [3.8, 4) is 5.75 Å². The van der Waals surface area contributed by atoms with Crippen molar-refractivity contribution in [2.45, 2.75) is 38.1 Å². The molecular weight excluding hydrogens is 436 g/mol. The normalized spacial score (nSPS) is 14.6. The van der Waals surface area contributed by atoms with Crippen LogP contribution in [0.2, 0.25) is 0 Å². The van der Waals surface area contributed by atoms with Crippen LogP contribution in [-0.4, -0.2) is 66.7 Å². The summed E-state index contributed by atoms with van der Waals surface area (Å²) in [6, 6.07) is 10.3. The molecule has 0 saturated heterocycles. The Hall–Kier alpha value is -2.42. The lowest BCUT2D eigenvalue weighted by Gasteiger charge is -2.25. The number of nitrogens with zero attached hydrogens (tertiary/aromatic N) is 2. The van der Waals surface area contributed by atoms with Gasteiger partial charge in [0.1, 0.15) is 16.7 Å². The van der Waals surface area contributed by atoms with Crippen molar-refractivity contribution in [1.82, 2.24) is 14.5 Å². The molecule has 8 heteroatoms. The molecule has 0 radical (unpaired) electrons. The number of rotatable bonds is 10. The Balaban J connectivity index is 1.41. The summed E-state index contributed by atoms with van der Waals surface area (Å²) >= 11 is 0. The topological polar surface area (TPSA) is 73.9 Å². The molecule has 1 unspecified atom stereocenters. The summed E-state index contributed by atoms with van der Waals surface area (Å²) in [4.78, 5) is 15.4. The summed E-state index contributed by atoms with van der Waals surface area (Å²) in [5.41, 5.74) is 5.71. The molecule has 180 valence electrons. The van der Waals surface area contributed by atoms with Gasteiger partial charge in [0.15, 0.2) is 0 Å². The third kappa shape index (κ3) is 6.79. The quantitative estimate of drug-likeness (QED) is 0.520. The molecule has 0 bridgehead atoms.